The second-order valence-corrected chi connectivity index (χ2v) is 10.6. The van der Waals surface area contributed by atoms with Gasteiger partial charge in [0.15, 0.2) is 0 Å². The van der Waals surface area contributed by atoms with E-state index in [1.165, 1.54) is 18.9 Å². The van der Waals surface area contributed by atoms with Gasteiger partial charge in [-0.3, -0.25) is 4.79 Å². The molecule has 78 valence electrons. The molecule has 0 saturated heterocycles. The van der Waals surface area contributed by atoms with Gasteiger partial charge in [0.1, 0.15) is 0 Å². The van der Waals surface area contributed by atoms with Crippen LogP contribution in [0.4, 0.5) is 0 Å². The largest absolute Gasteiger partial charge is 0.370 e. The summed E-state index contributed by atoms with van der Waals surface area (Å²) in [5.74, 6) is -0.162. The number of amides is 1. The van der Waals surface area contributed by atoms with Crippen LogP contribution in [-0.2, 0) is 4.79 Å². The lowest BCUT2D eigenvalue weighted by Crippen LogP contribution is -2.18. The summed E-state index contributed by atoms with van der Waals surface area (Å²) in [6.07, 6.45) is 5.29. The van der Waals surface area contributed by atoms with E-state index in [-0.39, 0.29) is 5.91 Å². The van der Waals surface area contributed by atoms with E-state index in [4.69, 9.17) is 5.73 Å². The predicted molar refractivity (Wildman–Crippen MR) is 60.4 cm³/mol. The first-order chi connectivity index (χ1) is 5.92. The summed E-state index contributed by atoms with van der Waals surface area (Å²) in [7, 11) is -0.831. The molecule has 2 N–H and O–H groups in total. The Kier molecular flexibility index (Phi) is 6.04. The van der Waals surface area contributed by atoms with E-state index in [0.29, 0.717) is 6.42 Å². The third kappa shape index (κ3) is 11.7. The highest BCUT2D eigenvalue weighted by Crippen LogP contribution is 2.14. The van der Waals surface area contributed by atoms with Gasteiger partial charge in [0.25, 0.3) is 0 Å². The summed E-state index contributed by atoms with van der Waals surface area (Å²) < 4.78 is 0. The van der Waals surface area contributed by atoms with Gasteiger partial charge in [-0.15, -0.1) is 0 Å². The van der Waals surface area contributed by atoms with Crippen molar-refractivity contribution in [2.45, 2.75) is 57.8 Å². The van der Waals surface area contributed by atoms with E-state index in [2.05, 4.69) is 19.6 Å². The van der Waals surface area contributed by atoms with E-state index in [9.17, 15) is 4.79 Å². The first-order valence-electron chi connectivity index (χ1n) is 5.20. The van der Waals surface area contributed by atoms with Crippen LogP contribution in [0.3, 0.4) is 0 Å². The summed E-state index contributed by atoms with van der Waals surface area (Å²) in [5.41, 5.74) is 5.04. The number of nitrogens with two attached hydrogens (primary N) is 1. The van der Waals surface area contributed by atoms with Crippen LogP contribution in [0, 0.1) is 0 Å². The molecule has 0 saturated carbocycles. The SMILES string of the molecule is C[Si](C)(C)CCCCCCC(N)=O. The Morgan fingerprint density at radius 1 is 1.08 bits per heavy atom. The maximum atomic E-state index is 10.4. The van der Waals surface area contributed by atoms with Crippen LogP contribution in [0.1, 0.15) is 32.1 Å². The van der Waals surface area contributed by atoms with Crippen molar-refractivity contribution < 1.29 is 4.79 Å². The monoisotopic (exact) mass is 201 g/mol. The highest BCUT2D eigenvalue weighted by molar-refractivity contribution is 6.76. The number of carbonyl (C=O) groups excluding carboxylic acids is 1. The molecule has 0 spiro atoms. The van der Waals surface area contributed by atoms with Gasteiger partial charge in [-0.05, 0) is 6.42 Å². The molecule has 0 aromatic rings. The fraction of sp³-hybridized carbons (Fsp3) is 0.900. The second-order valence-electron chi connectivity index (χ2n) is 4.94. The molecular weight excluding hydrogens is 178 g/mol. The molecule has 0 radical (unpaired) electrons. The number of hydrogen-bond acceptors (Lipinski definition) is 1. The third-order valence-electron chi connectivity index (χ3n) is 2.10. The summed E-state index contributed by atoms with van der Waals surface area (Å²) >= 11 is 0. The molecule has 0 aliphatic carbocycles. The minimum atomic E-state index is -0.831. The zero-order valence-corrected chi connectivity index (χ0v) is 10.2. The van der Waals surface area contributed by atoms with E-state index in [0.717, 1.165) is 12.8 Å². The molecule has 0 aliphatic heterocycles. The molecule has 0 aliphatic rings. The van der Waals surface area contributed by atoms with E-state index >= 15 is 0 Å². The lowest BCUT2D eigenvalue weighted by atomic mass is 10.1. The molecule has 0 heterocycles. The summed E-state index contributed by atoms with van der Waals surface area (Å²) in [4.78, 5) is 10.4. The van der Waals surface area contributed by atoms with Crippen LogP contribution in [0.25, 0.3) is 0 Å². The summed E-state index contributed by atoms with van der Waals surface area (Å²) in [5, 5.41) is 0. The topological polar surface area (TPSA) is 43.1 Å². The van der Waals surface area contributed by atoms with Crippen LogP contribution in [0.2, 0.25) is 25.7 Å². The smallest absolute Gasteiger partial charge is 0.217 e. The Bertz CT molecular complexity index is 151. The highest BCUT2D eigenvalue weighted by Gasteiger charge is 2.11. The van der Waals surface area contributed by atoms with Gasteiger partial charge in [-0.25, -0.2) is 0 Å². The van der Waals surface area contributed by atoms with Crippen LogP contribution in [0.5, 0.6) is 0 Å². The number of unbranched alkanes of at least 4 members (excludes halogenated alkanes) is 3. The van der Waals surface area contributed by atoms with Gasteiger partial charge < -0.3 is 5.73 Å². The van der Waals surface area contributed by atoms with Crippen molar-refractivity contribution in [3.63, 3.8) is 0 Å². The average molecular weight is 201 g/mol. The van der Waals surface area contributed by atoms with Crippen molar-refractivity contribution in [2.75, 3.05) is 0 Å². The molecule has 0 fully saturated rings. The first-order valence-corrected chi connectivity index (χ1v) is 8.91. The fourth-order valence-electron chi connectivity index (χ4n) is 1.31. The zero-order valence-electron chi connectivity index (χ0n) is 9.23. The van der Waals surface area contributed by atoms with Crippen LogP contribution >= 0.6 is 0 Å². The molecule has 0 aromatic carbocycles. The maximum Gasteiger partial charge on any atom is 0.217 e. The van der Waals surface area contributed by atoms with Gasteiger partial charge in [-0.2, -0.15) is 0 Å². The first kappa shape index (κ1) is 12.7. The van der Waals surface area contributed by atoms with Crippen molar-refractivity contribution in [3.8, 4) is 0 Å². The van der Waals surface area contributed by atoms with Gasteiger partial charge in [0.05, 0.1) is 0 Å². The third-order valence-corrected chi connectivity index (χ3v) is 3.95. The lowest BCUT2D eigenvalue weighted by molar-refractivity contribution is -0.118. The maximum absolute atomic E-state index is 10.4. The molecule has 13 heavy (non-hydrogen) atoms. The Morgan fingerprint density at radius 3 is 2.08 bits per heavy atom. The fourth-order valence-corrected chi connectivity index (χ4v) is 2.62. The molecule has 0 unspecified atom stereocenters. The number of primary amides is 1. The Balaban J connectivity index is 3.13. The highest BCUT2D eigenvalue weighted by atomic mass is 28.3. The Labute approximate surface area is 82.9 Å². The molecule has 2 nitrogen and oxygen atoms in total. The van der Waals surface area contributed by atoms with Crippen molar-refractivity contribution in [2.24, 2.45) is 5.73 Å². The van der Waals surface area contributed by atoms with Crippen molar-refractivity contribution >= 4 is 14.0 Å². The Hall–Kier alpha value is -0.313. The number of hydrogen-bond donors (Lipinski definition) is 1. The van der Waals surface area contributed by atoms with Crippen LogP contribution in [-0.4, -0.2) is 14.0 Å². The molecule has 0 atom stereocenters. The van der Waals surface area contributed by atoms with E-state index in [1.54, 1.807) is 0 Å². The molecule has 0 aromatic heterocycles. The van der Waals surface area contributed by atoms with E-state index < -0.39 is 8.07 Å². The quantitative estimate of drug-likeness (QED) is 0.499. The standard InChI is InChI=1S/C10H23NOSi/c1-13(2,3)9-7-5-4-6-8-10(11)12/h4-9H2,1-3H3,(H2,11,12). The van der Waals surface area contributed by atoms with Crippen LogP contribution < -0.4 is 5.73 Å². The molecule has 3 heteroatoms. The minimum Gasteiger partial charge on any atom is -0.370 e. The van der Waals surface area contributed by atoms with Gasteiger partial charge in [-0.1, -0.05) is 44.9 Å². The van der Waals surface area contributed by atoms with Gasteiger partial charge in [0, 0.05) is 14.5 Å². The lowest BCUT2D eigenvalue weighted by Gasteiger charge is -2.14. The average Bonchev–Trinajstić information content (AvgIpc) is 1.93. The van der Waals surface area contributed by atoms with Crippen molar-refractivity contribution in [3.05, 3.63) is 0 Å². The minimum absolute atomic E-state index is 0.162. The molecule has 0 rings (SSSR count). The molecule has 1 amide bonds. The predicted octanol–water partition coefficient (Wildman–Crippen LogP) is 2.76. The normalized spacial score (nSPS) is 11.6. The second kappa shape index (κ2) is 6.19. The zero-order chi connectivity index (χ0) is 10.3. The van der Waals surface area contributed by atoms with E-state index in [1.807, 2.05) is 0 Å². The number of carbonyl (C=O) groups is 1. The molecular formula is C10H23NOSi. The Morgan fingerprint density at radius 2 is 1.62 bits per heavy atom. The van der Waals surface area contributed by atoms with Gasteiger partial charge in [0.2, 0.25) is 5.91 Å². The summed E-state index contributed by atoms with van der Waals surface area (Å²) in [6.45, 7) is 7.20. The van der Waals surface area contributed by atoms with Gasteiger partial charge >= 0.3 is 0 Å². The van der Waals surface area contributed by atoms with Crippen molar-refractivity contribution in [1.82, 2.24) is 0 Å². The molecule has 0 bridgehead atoms. The number of rotatable bonds is 7. The van der Waals surface area contributed by atoms with Crippen LogP contribution in [0.15, 0.2) is 0 Å². The summed E-state index contributed by atoms with van der Waals surface area (Å²) in [6, 6.07) is 1.41. The van der Waals surface area contributed by atoms with Crippen molar-refractivity contribution in [1.29, 1.82) is 0 Å².